The first kappa shape index (κ1) is 15.5. The predicted molar refractivity (Wildman–Crippen MR) is 82.4 cm³/mol. The van der Waals surface area contributed by atoms with Gasteiger partial charge in [-0.15, -0.1) is 0 Å². The van der Waals surface area contributed by atoms with Crippen molar-refractivity contribution in [2.24, 2.45) is 4.99 Å². The monoisotopic (exact) mass is 262 g/mol. The Balaban J connectivity index is 2.31. The number of rotatable bonds is 6. The van der Waals surface area contributed by atoms with Crippen molar-refractivity contribution in [2.45, 2.75) is 25.9 Å². The van der Waals surface area contributed by atoms with Gasteiger partial charge >= 0.3 is 0 Å². The van der Waals surface area contributed by atoms with Crippen LogP contribution >= 0.6 is 0 Å². The molecule has 0 aliphatic carbocycles. The quantitative estimate of drug-likeness (QED) is 0.605. The average Bonchev–Trinajstić information content (AvgIpc) is 2.44. The summed E-state index contributed by atoms with van der Waals surface area (Å²) >= 11 is 0. The molecule has 0 amide bonds. The van der Waals surface area contributed by atoms with Gasteiger partial charge in [0.05, 0.1) is 0 Å². The number of hydrogen-bond acceptors (Lipinski definition) is 2. The van der Waals surface area contributed by atoms with Crippen LogP contribution < -0.4 is 10.6 Å². The number of guanidine groups is 1. The highest BCUT2D eigenvalue weighted by molar-refractivity contribution is 5.79. The lowest BCUT2D eigenvalue weighted by molar-refractivity contribution is 0.238. The van der Waals surface area contributed by atoms with E-state index in [1.807, 2.05) is 7.05 Å². The largest absolute Gasteiger partial charge is 0.359 e. The van der Waals surface area contributed by atoms with Gasteiger partial charge in [0.1, 0.15) is 0 Å². The third-order valence-corrected chi connectivity index (χ3v) is 3.34. The maximum absolute atomic E-state index is 4.10. The summed E-state index contributed by atoms with van der Waals surface area (Å²) in [6.07, 6.45) is 1.09. The van der Waals surface area contributed by atoms with Gasteiger partial charge in [0.15, 0.2) is 5.96 Å². The third kappa shape index (κ3) is 5.75. The van der Waals surface area contributed by atoms with Crippen molar-refractivity contribution in [3.8, 4) is 0 Å². The van der Waals surface area contributed by atoms with Crippen LogP contribution in [-0.2, 0) is 6.54 Å². The van der Waals surface area contributed by atoms with Crippen LogP contribution in [0.5, 0.6) is 0 Å². The molecule has 4 heteroatoms. The molecular weight excluding hydrogens is 236 g/mol. The van der Waals surface area contributed by atoms with Gasteiger partial charge in [-0.25, -0.2) is 0 Å². The SMILES string of the molecule is CN=C(NC)NCC[C@H](C)N(C)Cc1ccccc1. The van der Waals surface area contributed by atoms with Crippen LogP contribution in [0.15, 0.2) is 35.3 Å². The molecule has 0 aromatic heterocycles. The van der Waals surface area contributed by atoms with Gasteiger partial charge in [0, 0.05) is 33.2 Å². The summed E-state index contributed by atoms with van der Waals surface area (Å²) in [7, 11) is 5.83. The Morgan fingerprint density at radius 3 is 2.58 bits per heavy atom. The molecule has 106 valence electrons. The summed E-state index contributed by atoms with van der Waals surface area (Å²) in [5.74, 6) is 0.845. The van der Waals surface area contributed by atoms with Crippen LogP contribution in [0.3, 0.4) is 0 Å². The van der Waals surface area contributed by atoms with Gasteiger partial charge in [0.25, 0.3) is 0 Å². The summed E-state index contributed by atoms with van der Waals surface area (Å²) in [5, 5.41) is 6.30. The van der Waals surface area contributed by atoms with Crippen LogP contribution in [-0.4, -0.2) is 44.6 Å². The molecule has 0 heterocycles. The summed E-state index contributed by atoms with van der Waals surface area (Å²) in [6.45, 7) is 4.17. The van der Waals surface area contributed by atoms with E-state index in [1.54, 1.807) is 7.05 Å². The Labute approximate surface area is 116 Å². The average molecular weight is 262 g/mol. The van der Waals surface area contributed by atoms with Crippen LogP contribution in [0.2, 0.25) is 0 Å². The Bertz CT molecular complexity index is 375. The van der Waals surface area contributed by atoms with E-state index in [0.29, 0.717) is 6.04 Å². The molecule has 0 aliphatic heterocycles. The molecule has 0 aliphatic rings. The highest BCUT2D eigenvalue weighted by Crippen LogP contribution is 2.07. The predicted octanol–water partition coefficient (Wildman–Crippen LogP) is 1.69. The molecule has 0 fully saturated rings. The fourth-order valence-corrected chi connectivity index (χ4v) is 1.93. The lowest BCUT2D eigenvalue weighted by Gasteiger charge is -2.25. The molecule has 1 aromatic carbocycles. The third-order valence-electron chi connectivity index (χ3n) is 3.34. The van der Waals surface area contributed by atoms with Crippen molar-refractivity contribution in [2.75, 3.05) is 27.7 Å². The lowest BCUT2D eigenvalue weighted by Crippen LogP contribution is -2.38. The van der Waals surface area contributed by atoms with Crippen molar-refractivity contribution < 1.29 is 0 Å². The first-order chi connectivity index (χ1) is 9.17. The van der Waals surface area contributed by atoms with Crippen LogP contribution in [0.4, 0.5) is 0 Å². The van der Waals surface area contributed by atoms with Gasteiger partial charge in [-0.1, -0.05) is 30.3 Å². The van der Waals surface area contributed by atoms with E-state index in [2.05, 4.69) is 64.8 Å². The molecule has 1 atom stereocenters. The second-order valence-corrected chi connectivity index (χ2v) is 4.79. The van der Waals surface area contributed by atoms with Crippen LogP contribution in [0, 0.1) is 0 Å². The molecule has 4 nitrogen and oxygen atoms in total. The fraction of sp³-hybridized carbons (Fsp3) is 0.533. The molecule has 0 radical (unpaired) electrons. The molecule has 19 heavy (non-hydrogen) atoms. The smallest absolute Gasteiger partial charge is 0.190 e. The van der Waals surface area contributed by atoms with Gasteiger partial charge < -0.3 is 10.6 Å². The summed E-state index contributed by atoms with van der Waals surface area (Å²) in [4.78, 5) is 6.47. The van der Waals surface area contributed by atoms with E-state index in [9.17, 15) is 0 Å². The first-order valence-corrected chi connectivity index (χ1v) is 6.80. The molecule has 1 aromatic rings. The highest BCUT2D eigenvalue weighted by atomic mass is 15.2. The normalized spacial score (nSPS) is 13.4. The topological polar surface area (TPSA) is 39.7 Å². The van der Waals surface area contributed by atoms with Gasteiger partial charge in [-0.2, -0.15) is 0 Å². The van der Waals surface area contributed by atoms with Gasteiger partial charge in [-0.3, -0.25) is 9.89 Å². The molecule has 0 unspecified atom stereocenters. The number of benzene rings is 1. The summed E-state index contributed by atoms with van der Waals surface area (Å²) in [6, 6.07) is 11.1. The van der Waals surface area contributed by atoms with E-state index >= 15 is 0 Å². The van der Waals surface area contributed by atoms with Gasteiger partial charge in [-0.05, 0) is 26.0 Å². The van der Waals surface area contributed by atoms with E-state index in [-0.39, 0.29) is 0 Å². The molecule has 0 saturated carbocycles. The lowest BCUT2D eigenvalue weighted by atomic mass is 10.1. The van der Waals surface area contributed by atoms with Crippen LogP contribution in [0.25, 0.3) is 0 Å². The maximum atomic E-state index is 4.10. The minimum Gasteiger partial charge on any atom is -0.359 e. The zero-order valence-corrected chi connectivity index (χ0v) is 12.5. The Morgan fingerprint density at radius 2 is 2.00 bits per heavy atom. The van der Waals surface area contributed by atoms with E-state index in [1.165, 1.54) is 5.56 Å². The number of hydrogen-bond donors (Lipinski definition) is 2. The second kappa shape index (κ2) is 8.53. The van der Waals surface area contributed by atoms with Crippen molar-refractivity contribution in [1.29, 1.82) is 0 Å². The first-order valence-electron chi connectivity index (χ1n) is 6.80. The zero-order chi connectivity index (χ0) is 14.1. The molecular formula is C15H26N4. The molecule has 1 rings (SSSR count). The maximum Gasteiger partial charge on any atom is 0.190 e. The van der Waals surface area contributed by atoms with Gasteiger partial charge in [0.2, 0.25) is 0 Å². The zero-order valence-electron chi connectivity index (χ0n) is 12.5. The summed E-state index contributed by atoms with van der Waals surface area (Å²) in [5.41, 5.74) is 1.36. The molecule has 0 spiro atoms. The fourth-order valence-electron chi connectivity index (χ4n) is 1.93. The highest BCUT2D eigenvalue weighted by Gasteiger charge is 2.09. The minimum absolute atomic E-state index is 0.530. The van der Waals surface area contributed by atoms with E-state index in [4.69, 9.17) is 0 Å². The van der Waals surface area contributed by atoms with E-state index < -0.39 is 0 Å². The number of nitrogens with zero attached hydrogens (tertiary/aromatic N) is 2. The number of aliphatic imine (C=N–C) groups is 1. The second-order valence-electron chi connectivity index (χ2n) is 4.79. The Hall–Kier alpha value is -1.55. The van der Waals surface area contributed by atoms with Crippen molar-refractivity contribution in [3.05, 3.63) is 35.9 Å². The van der Waals surface area contributed by atoms with Crippen LogP contribution in [0.1, 0.15) is 18.9 Å². The Morgan fingerprint density at radius 1 is 1.32 bits per heavy atom. The minimum atomic E-state index is 0.530. The van der Waals surface area contributed by atoms with Crippen molar-refractivity contribution >= 4 is 5.96 Å². The van der Waals surface area contributed by atoms with E-state index in [0.717, 1.165) is 25.5 Å². The standard InChI is InChI=1S/C15H26N4/c1-13(10-11-18-15(16-2)17-3)19(4)12-14-8-6-5-7-9-14/h5-9,13H,10-12H2,1-4H3,(H2,16,17,18)/t13-/m0/s1. The number of nitrogens with one attached hydrogen (secondary N) is 2. The molecule has 0 saturated heterocycles. The van der Waals surface area contributed by atoms with Crippen molar-refractivity contribution in [3.63, 3.8) is 0 Å². The molecule has 0 bridgehead atoms. The molecule has 2 N–H and O–H groups in total. The summed E-state index contributed by atoms with van der Waals surface area (Å²) < 4.78 is 0. The van der Waals surface area contributed by atoms with Crippen molar-refractivity contribution in [1.82, 2.24) is 15.5 Å². The Kier molecular flexibility index (Phi) is 6.97.